The molecule has 0 N–H and O–H groups in total. The van der Waals surface area contributed by atoms with Crippen LogP contribution in [0.15, 0.2) is 24.7 Å². The number of aromatic nitrogens is 3. The third kappa shape index (κ3) is 3.06. The summed E-state index contributed by atoms with van der Waals surface area (Å²) in [6.45, 7) is 8.22. The monoisotopic (exact) mass is 314 g/mol. The van der Waals surface area contributed by atoms with Crippen LogP contribution in [0, 0.1) is 0 Å². The molecule has 1 aliphatic rings. The van der Waals surface area contributed by atoms with Gasteiger partial charge in [-0.05, 0) is 32.9 Å². The molecule has 0 atom stereocenters. The fraction of sp³-hybridized carbons (Fsp3) is 0.471. The van der Waals surface area contributed by atoms with Gasteiger partial charge in [-0.2, -0.15) is 0 Å². The Morgan fingerprint density at radius 3 is 2.96 bits per heavy atom. The van der Waals surface area contributed by atoms with E-state index in [4.69, 9.17) is 4.74 Å². The highest BCUT2D eigenvalue weighted by Gasteiger charge is 2.25. The van der Waals surface area contributed by atoms with Crippen molar-refractivity contribution in [1.82, 2.24) is 14.5 Å². The summed E-state index contributed by atoms with van der Waals surface area (Å²) < 4.78 is 7.51. The van der Waals surface area contributed by atoms with Crippen LogP contribution in [0.3, 0.4) is 0 Å². The second-order valence-corrected chi connectivity index (χ2v) is 5.92. The molecule has 3 heterocycles. The highest BCUT2D eigenvalue weighted by atomic mass is 16.5. The number of rotatable bonds is 4. The molecule has 6 heteroatoms. The van der Waals surface area contributed by atoms with Crippen molar-refractivity contribution in [3.63, 3.8) is 0 Å². The van der Waals surface area contributed by atoms with Crippen LogP contribution in [-0.2, 0) is 24.2 Å². The molecule has 0 saturated carbocycles. The first kappa shape index (κ1) is 15.5. The Kier molecular flexibility index (Phi) is 4.32. The van der Waals surface area contributed by atoms with Crippen LogP contribution in [0.25, 0.3) is 0 Å². The molecule has 0 radical (unpaired) electrons. The number of anilines is 1. The van der Waals surface area contributed by atoms with Crippen LogP contribution in [0.1, 0.15) is 42.5 Å². The van der Waals surface area contributed by atoms with E-state index in [0.29, 0.717) is 17.9 Å². The molecule has 0 amide bonds. The van der Waals surface area contributed by atoms with Crippen molar-refractivity contribution in [2.75, 3.05) is 11.4 Å². The van der Waals surface area contributed by atoms with Crippen molar-refractivity contribution in [2.24, 2.45) is 0 Å². The minimum atomic E-state index is -0.326. The van der Waals surface area contributed by atoms with Crippen molar-refractivity contribution < 1.29 is 9.53 Å². The molecule has 3 rings (SSSR count). The van der Waals surface area contributed by atoms with E-state index in [2.05, 4.69) is 26.4 Å². The summed E-state index contributed by atoms with van der Waals surface area (Å²) in [5, 5.41) is 0. The number of ether oxygens (including phenoxy) is 1. The van der Waals surface area contributed by atoms with Gasteiger partial charge in [-0.15, -0.1) is 0 Å². The van der Waals surface area contributed by atoms with Crippen molar-refractivity contribution in [1.29, 1.82) is 0 Å². The molecule has 1 aliphatic heterocycles. The minimum Gasteiger partial charge on any atom is -0.459 e. The second kappa shape index (κ2) is 6.40. The summed E-state index contributed by atoms with van der Waals surface area (Å²) in [5.74, 6) is 0.350. The second-order valence-electron chi connectivity index (χ2n) is 5.92. The lowest BCUT2D eigenvalue weighted by Gasteiger charge is -2.29. The van der Waals surface area contributed by atoms with E-state index in [1.54, 1.807) is 18.3 Å². The van der Waals surface area contributed by atoms with Crippen LogP contribution in [0.5, 0.6) is 0 Å². The Hall–Kier alpha value is -2.37. The highest BCUT2D eigenvalue weighted by molar-refractivity contribution is 5.94. The topological polar surface area (TPSA) is 60.2 Å². The molecule has 23 heavy (non-hydrogen) atoms. The average molecular weight is 314 g/mol. The molecule has 0 aliphatic carbocycles. The molecular weight excluding hydrogens is 292 g/mol. The number of fused-ring (bicyclic) bond motifs is 1. The number of hydrogen-bond acceptors (Lipinski definition) is 5. The predicted molar refractivity (Wildman–Crippen MR) is 87.4 cm³/mol. The van der Waals surface area contributed by atoms with E-state index in [0.717, 1.165) is 25.2 Å². The van der Waals surface area contributed by atoms with Gasteiger partial charge in [0.25, 0.3) is 0 Å². The number of pyridine rings is 1. The van der Waals surface area contributed by atoms with E-state index in [1.165, 1.54) is 5.69 Å². The number of imidazole rings is 1. The van der Waals surface area contributed by atoms with E-state index in [1.807, 2.05) is 20.2 Å². The lowest BCUT2D eigenvalue weighted by atomic mass is 10.1. The van der Waals surface area contributed by atoms with Crippen LogP contribution in [0.4, 0.5) is 5.82 Å². The third-order valence-electron chi connectivity index (χ3n) is 3.98. The Labute approximate surface area is 136 Å². The smallest absolute Gasteiger partial charge is 0.342 e. The zero-order valence-corrected chi connectivity index (χ0v) is 13.8. The molecular formula is C17H22N4O2. The number of esters is 1. The number of carbonyl (C=O) groups excluding carboxylic acids is 1. The van der Waals surface area contributed by atoms with Gasteiger partial charge in [0.1, 0.15) is 11.4 Å². The molecule has 0 spiro atoms. The van der Waals surface area contributed by atoms with E-state index in [-0.39, 0.29) is 12.1 Å². The maximum atomic E-state index is 12.3. The van der Waals surface area contributed by atoms with Gasteiger partial charge in [-0.1, -0.05) is 0 Å². The minimum absolute atomic E-state index is 0.149. The Morgan fingerprint density at radius 2 is 2.22 bits per heavy atom. The van der Waals surface area contributed by atoms with Gasteiger partial charge < -0.3 is 14.2 Å². The van der Waals surface area contributed by atoms with Gasteiger partial charge in [-0.3, -0.25) is 0 Å². The normalized spacial score (nSPS) is 14.0. The van der Waals surface area contributed by atoms with E-state index in [9.17, 15) is 4.79 Å². The summed E-state index contributed by atoms with van der Waals surface area (Å²) >= 11 is 0. The SMILES string of the molecule is CCn1cnc2c1CCN(c1ncccc1C(=O)OC(C)C)C2. The molecule has 0 saturated heterocycles. The molecule has 2 aromatic heterocycles. The quantitative estimate of drug-likeness (QED) is 0.811. The summed E-state index contributed by atoms with van der Waals surface area (Å²) in [4.78, 5) is 23.3. The van der Waals surface area contributed by atoms with Gasteiger partial charge >= 0.3 is 5.97 Å². The highest BCUT2D eigenvalue weighted by Crippen LogP contribution is 2.25. The first-order valence-electron chi connectivity index (χ1n) is 8.04. The van der Waals surface area contributed by atoms with Crippen molar-refractivity contribution in [2.45, 2.75) is 46.4 Å². The van der Waals surface area contributed by atoms with E-state index < -0.39 is 0 Å². The standard InChI is InChI=1S/C17H22N4O2/c1-4-20-11-19-14-10-21(9-7-15(14)20)16-13(6-5-8-18-16)17(22)23-12(2)3/h5-6,8,11-12H,4,7,9-10H2,1-3H3. The van der Waals surface area contributed by atoms with Crippen LogP contribution < -0.4 is 4.90 Å². The number of carbonyl (C=O) groups is 1. The average Bonchev–Trinajstić information content (AvgIpc) is 2.96. The summed E-state index contributed by atoms with van der Waals surface area (Å²) in [6.07, 6.45) is 4.35. The lowest BCUT2D eigenvalue weighted by Crippen LogP contribution is -2.33. The number of nitrogens with zero attached hydrogens (tertiary/aromatic N) is 4. The molecule has 122 valence electrons. The van der Waals surface area contributed by atoms with Gasteiger partial charge in [0, 0.05) is 31.4 Å². The lowest BCUT2D eigenvalue weighted by molar-refractivity contribution is 0.0378. The van der Waals surface area contributed by atoms with Crippen LogP contribution in [-0.4, -0.2) is 33.2 Å². The van der Waals surface area contributed by atoms with Gasteiger partial charge in [0.15, 0.2) is 0 Å². The summed E-state index contributed by atoms with van der Waals surface area (Å²) in [6, 6.07) is 3.54. The third-order valence-corrected chi connectivity index (χ3v) is 3.98. The number of aryl methyl sites for hydroxylation is 1. The predicted octanol–water partition coefficient (Wildman–Crippen LogP) is 2.43. The van der Waals surface area contributed by atoms with E-state index >= 15 is 0 Å². The summed E-state index contributed by atoms with van der Waals surface area (Å²) in [5.41, 5.74) is 2.86. The molecule has 0 bridgehead atoms. The van der Waals surface area contributed by atoms with Crippen LogP contribution >= 0.6 is 0 Å². The first-order valence-corrected chi connectivity index (χ1v) is 8.04. The van der Waals surface area contributed by atoms with Crippen molar-refractivity contribution in [3.05, 3.63) is 41.6 Å². The number of hydrogen-bond donors (Lipinski definition) is 0. The Balaban J connectivity index is 1.87. The Bertz CT molecular complexity index is 708. The van der Waals surface area contributed by atoms with Crippen LogP contribution in [0.2, 0.25) is 0 Å². The molecule has 6 nitrogen and oxygen atoms in total. The first-order chi connectivity index (χ1) is 11.1. The maximum absolute atomic E-state index is 12.3. The molecule has 0 aromatic carbocycles. The molecule has 0 unspecified atom stereocenters. The Morgan fingerprint density at radius 1 is 1.39 bits per heavy atom. The van der Waals surface area contributed by atoms with Crippen molar-refractivity contribution >= 4 is 11.8 Å². The maximum Gasteiger partial charge on any atom is 0.342 e. The molecule has 0 fully saturated rings. The van der Waals surface area contributed by atoms with Gasteiger partial charge in [0.2, 0.25) is 0 Å². The van der Waals surface area contributed by atoms with Gasteiger partial charge in [-0.25, -0.2) is 14.8 Å². The van der Waals surface area contributed by atoms with Crippen molar-refractivity contribution in [3.8, 4) is 0 Å². The molecule has 2 aromatic rings. The zero-order valence-electron chi connectivity index (χ0n) is 13.8. The fourth-order valence-electron chi connectivity index (χ4n) is 2.91. The zero-order chi connectivity index (χ0) is 16.4. The van der Waals surface area contributed by atoms with Gasteiger partial charge in [0.05, 0.1) is 24.7 Å². The summed E-state index contributed by atoms with van der Waals surface area (Å²) in [7, 11) is 0. The largest absolute Gasteiger partial charge is 0.459 e. The fourth-order valence-corrected chi connectivity index (χ4v) is 2.91.